The monoisotopic (exact) mass is 440 g/mol. The predicted octanol–water partition coefficient (Wildman–Crippen LogP) is 5.43. The molecule has 0 aliphatic heterocycles. The Labute approximate surface area is 181 Å². The number of halogens is 3. The average molecular weight is 441 g/mol. The second-order valence-corrected chi connectivity index (χ2v) is 7.74. The van der Waals surface area contributed by atoms with Crippen LogP contribution in [0.2, 0.25) is 10.0 Å². The zero-order valence-electron chi connectivity index (χ0n) is 15.8. The van der Waals surface area contributed by atoms with E-state index >= 15 is 0 Å². The Morgan fingerprint density at radius 3 is 2.63 bits per heavy atom. The van der Waals surface area contributed by atoms with Crippen molar-refractivity contribution in [2.24, 2.45) is 0 Å². The van der Waals surface area contributed by atoms with Gasteiger partial charge in [-0.25, -0.2) is 9.37 Å². The second kappa shape index (κ2) is 8.01. The van der Waals surface area contributed by atoms with Crippen LogP contribution in [0.15, 0.2) is 65.6 Å². The highest BCUT2D eigenvalue weighted by Crippen LogP contribution is 2.21. The Hall–Kier alpha value is -3.02. The first kappa shape index (κ1) is 20.3. The molecule has 0 amide bonds. The van der Waals surface area contributed by atoms with Gasteiger partial charge in [-0.15, -0.1) is 0 Å². The van der Waals surface area contributed by atoms with Gasteiger partial charge in [0.15, 0.2) is 5.78 Å². The minimum Gasteiger partial charge on any atom is -0.327 e. The topological polar surface area (TPSA) is 52.0 Å². The smallest absolute Gasteiger partial charge is 0.202 e. The lowest BCUT2D eigenvalue weighted by molar-refractivity contribution is 0.103. The molecule has 7 heteroatoms. The number of aryl methyl sites for hydroxylation is 1. The zero-order valence-corrected chi connectivity index (χ0v) is 17.3. The minimum atomic E-state index is -0.445. The van der Waals surface area contributed by atoms with Gasteiger partial charge in [0.2, 0.25) is 5.43 Å². The van der Waals surface area contributed by atoms with E-state index in [1.807, 2.05) is 6.92 Å². The molecule has 0 bridgehead atoms. The van der Waals surface area contributed by atoms with E-state index in [4.69, 9.17) is 23.2 Å². The molecule has 0 saturated heterocycles. The van der Waals surface area contributed by atoms with E-state index in [1.54, 1.807) is 41.0 Å². The van der Waals surface area contributed by atoms with Crippen LogP contribution in [0.4, 0.5) is 4.39 Å². The molecule has 2 aromatic carbocycles. The van der Waals surface area contributed by atoms with Crippen molar-refractivity contribution in [3.63, 3.8) is 0 Å². The van der Waals surface area contributed by atoms with Gasteiger partial charge in [0.1, 0.15) is 11.5 Å². The van der Waals surface area contributed by atoms with Gasteiger partial charge in [0.05, 0.1) is 17.5 Å². The number of pyridine rings is 2. The lowest BCUT2D eigenvalue weighted by Gasteiger charge is -2.14. The molecule has 0 unspecified atom stereocenters. The van der Waals surface area contributed by atoms with E-state index in [-0.39, 0.29) is 17.1 Å². The Bertz CT molecular complexity index is 1370. The number of carbonyl (C=O) groups excluding carboxylic acids is 1. The summed E-state index contributed by atoms with van der Waals surface area (Å²) in [6, 6.07) is 13.9. The molecular formula is C23H15Cl2FN2O2. The molecule has 4 rings (SSSR count). The lowest BCUT2D eigenvalue weighted by atomic mass is 10.0. The molecule has 0 fully saturated rings. The summed E-state index contributed by atoms with van der Waals surface area (Å²) < 4.78 is 15.1. The van der Waals surface area contributed by atoms with Crippen molar-refractivity contribution in [3.05, 3.63) is 109 Å². The molecule has 4 aromatic rings. The molecule has 0 N–H and O–H groups in total. The van der Waals surface area contributed by atoms with Crippen LogP contribution < -0.4 is 5.43 Å². The van der Waals surface area contributed by atoms with Crippen LogP contribution in [0.3, 0.4) is 0 Å². The fourth-order valence-corrected chi connectivity index (χ4v) is 3.68. The summed E-state index contributed by atoms with van der Waals surface area (Å²) in [7, 11) is 0. The van der Waals surface area contributed by atoms with E-state index in [0.29, 0.717) is 27.2 Å². The summed E-state index contributed by atoms with van der Waals surface area (Å²) in [5, 5.41) is 0.960. The Morgan fingerprint density at radius 1 is 1.10 bits per heavy atom. The van der Waals surface area contributed by atoms with Crippen molar-refractivity contribution in [1.82, 2.24) is 9.55 Å². The number of hydrogen-bond acceptors (Lipinski definition) is 3. The fourth-order valence-electron chi connectivity index (χ4n) is 3.26. The van der Waals surface area contributed by atoms with Crippen molar-refractivity contribution in [1.29, 1.82) is 0 Å². The number of rotatable bonds is 4. The molecule has 0 aliphatic rings. The number of hydrogen-bond donors (Lipinski definition) is 0. The van der Waals surface area contributed by atoms with Gasteiger partial charge >= 0.3 is 0 Å². The van der Waals surface area contributed by atoms with Crippen LogP contribution in [0.5, 0.6) is 0 Å². The van der Waals surface area contributed by atoms with Gasteiger partial charge in [-0.05, 0) is 48.9 Å². The Balaban J connectivity index is 1.92. The van der Waals surface area contributed by atoms with E-state index in [9.17, 15) is 14.0 Å². The molecule has 0 atom stereocenters. The molecular weight excluding hydrogens is 426 g/mol. The molecule has 0 spiro atoms. The van der Waals surface area contributed by atoms with E-state index < -0.39 is 17.0 Å². The third-order valence-electron chi connectivity index (χ3n) is 4.75. The molecule has 2 aromatic heterocycles. The van der Waals surface area contributed by atoms with Crippen LogP contribution in [0.1, 0.15) is 27.2 Å². The Morgan fingerprint density at radius 2 is 1.90 bits per heavy atom. The number of fused-ring (bicyclic) bond motifs is 1. The Kier molecular flexibility index (Phi) is 5.41. The highest BCUT2D eigenvalue weighted by Gasteiger charge is 2.19. The van der Waals surface area contributed by atoms with Gasteiger partial charge < -0.3 is 4.57 Å². The maximum Gasteiger partial charge on any atom is 0.202 e. The summed E-state index contributed by atoms with van der Waals surface area (Å²) in [5.74, 6) is -0.886. The third kappa shape index (κ3) is 3.86. The second-order valence-electron chi connectivity index (χ2n) is 6.90. The normalized spacial score (nSPS) is 11.1. The lowest BCUT2D eigenvalue weighted by Crippen LogP contribution is -2.21. The van der Waals surface area contributed by atoms with Crippen LogP contribution >= 0.6 is 23.2 Å². The van der Waals surface area contributed by atoms with Crippen molar-refractivity contribution in [3.8, 4) is 0 Å². The molecule has 0 aliphatic carbocycles. The molecule has 30 heavy (non-hydrogen) atoms. The predicted molar refractivity (Wildman–Crippen MR) is 116 cm³/mol. The van der Waals surface area contributed by atoms with Gasteiger partial charge in [-0.1, -0.05) is 41.4 Å². The summed E-state index contributed by atoms with van der Waals surface area (Å²) in [4.78, 5) is 30.6. The fraction of sp³-hybridized carbons (Fsp3) is 0.0870. The van der Waals surface area contributed by atoms with E-state index in [2.05, 4.69) is 4.98 Å². The maximum absolute atomic E-state index is 13.4. The minimum absolute atomic E-state index is 0.00588. The molecule has 0 radical (unpaired) electrons. The quantitative estimate of drug-likeness (QED) is 0.397. The van der Waals surface area contributed by atoms with Gasteiger partial charge in [0, 0.05) is 27.5 Å². The van der Waals surface area contributed by atoms with Crippen molar-refractivity contribution in [2.45, 2.75) is 13.5 Å². The average Bonchev–Trinajstić information content (AvgIpc) is 2.71. The summed E-state index contributed by atoms with van der Waals surface area (Å²) in [6.07, 6.45) is 1.47. The zero-order chi connectivity index (χ0) is 21.4. The van der Waals surface area contributed by atoms with E-state index in [0.717, 1.165) is 5.69 Å². The van der Waals surface area contributed by atoms with Crippen LogP contribution in [-0.4, -0.2) is 15.3 Å². The van der Waals surface area contributed by atoms with Crippen molar-refractivity contribution in [2.75, 3.05) is 0 Å². The van der Waals surface area contributed by atoms with Gasteiger partial charge in [-0.2, -0.15) is 0 Å². The summed E-state index contributed by atoms with van der Waals surface area (Å²) in [5.41, 5.74) is 1.66. The first-order chi connectivity index (χ1) is 14.3. The van der Waals surface area contributed by atoms with Crippen molar-refractivity contribution >= 4 is 40.0 Å². The van der Waals surface area contributed by atoms with Crippen LogP contribution in [-0.2, 0) is 6.54 Å². The number of benzene rings is 2. The van der Waals surface area contributed by atoms with E-state index in [1.165, 1.54) is 24.4 Å². The highest BCUT2D eigenvalue weighted by molar-refractivity contribution is 6.31. The summed E-state index contributed by atoms with van der Waals surface area (Å²) >= 11 is 12.2. The number of nitrogens with zero attached hydrogens (tertiary/aromatic N) is 2. The molecule has 150 valence electrons. The maximum atomic E-state index is 13.4. The standard InChI is InChI=1S/C23H15Cl2FN2O2/c1-13-5-8-18-22(30)19(21(29)14-3-2-4-16(24)9-14)12-28(23(18)27-13)11-15-6-7-17(26)10-20(15)25/h2-10,12H,11H2,1H3. The number of carbonyl (C=O) groups is 1. The first-order valence-electron chi connectivity index (χ1n) is 9.08. The largest absolute Gasteiger partial charge is 0.327 e. The van der Waals surface area contributed by atoms with Gasteiger partial charge in [-0.3, -0.25) is 9.59 Å². The summed E-state index contributed by atoms with van der Waals surface area (Å²) in [6.45, 7) is 2.02. The van der Waals surface area contributed by atoms with Crippen molar-refractivity contribution < 1.29 is 9.18 Å². The molecule has 4 nitrogen and oxygen atoms in total. The van der Waals surface area contributed by atoms with Crippen LogP contribution in [0, 0.1) is 12.7 Å². The molecule has 0 saturated carbocycles. The third-order valence-corrected chi connectivity index (χ3v) is 5.33. The van der Waals surface area contributed by atoms with Gasteiger partial charge in [0.25, 0.3) is 0 Å². The first-order valence-corrected chi connectivity index (χ1v) is 9.84. The number of aromatic nitrogens is 2. The highest BCUT2D eigenvalue weighted by atomic mass is 35.5. The number of ketones is 1. The SMILES string of the molecule is Cc1ccc2c(=O)c(C(=O)c3cccc(Cl)c3)cn(Cc3ccc(F)cc3Cl)c2n1. The van der Waals surface area contributed by atoms with Crippen LogP contribution in [0.25, 0.3) is 11.0 Å². The molecule has 2 heterocycles.